The average Bonchev–Trinajstić information content (AvgIpc) is 3.34. The lowest BCUT2D eigenvalue weighted by atomic mass is 9.89. The highest BCUT2D eigenvalue weighted by Crippen LogP contribution is 2.47. The molecule has 2 aromatic rings. The standard InChI is InChI=1S/C23H27FN2OS/c24-19-7-9-20(10-8-19)28-12-2-4-22-21(3-1-11-25-22)23(27)26-15-18-14-16-5-6-17(18)13-16/h1,3,7-11,16-18H,2,4-6,12-15H2,(H,26,27). The molecule has 2 bridgehead atoms. The van der Waals surface area contributed by atoms with Crippen LogP contribution in [0.5, 0.6) is 0 Å². The average molecular weight is 399 g/mol. The molecular weight excluding hydrogens is 371 g/mol. The van der Waals surface area contributed by atoms with Crippen molar-refractivity contribution in [1.82, 2.24) is 10.3 Å². The van der Waals surface area contributed by atoms with E-state index in [1.54, 1.807) is 30.1 Å². The number of halogens is 1. The third kappa shape index (κ3) is 4.75. The highest BCUT2D eigenvalue weighted by Gasteiger charge is 2.39. The van der Waals surface area contributed by atoms with Crippen LogP contribution in [0.3, 0.4) is 0 Å². The molecule has 3 unspecified atom stereocenters. The lowest BCUT2D eigenvalue weighted by Gasteiger charge is -2.22. The van der Waals surface area contributed by atoms with Crippen LogP contribution < -0.4 is 5.32 Å². The van der Waals surface area contributed by atoms with Crippen molar-refractivity contribution >= 4 is 17.7 Å². The van der Waals surface area contributed by atoms with E-state index >= 15 is 0 Å². The first kappa shape index (κ1) is 19.4. The van der Waals surface area contributed by atoms with Crippen molar-refractivity contribution in [2.24, 2.45) is 17.8 Å². The highest BCUT2D eigenvalue weighted by atomic mass is 32.2. The minimum absolute atomic E-state index is 0.0112. The van der Waals surface area contributed by atoms with Gasteiger partial charge in [-0.2, -0.15) is 0 Å². The Kier molecular flexibility index (Phi) is 6.30. The third-order valence-electron chi connectivity index (χ3n) is 6.18. The summed E-state index contributed by atoms with van der Waals surface area (Å²) in [6, 6.07) is 10.3. The van der Waals surface area contributed by atoms with Crippen LogP contribution in [0.2, 0.25) is 0 Å². The second kappa shape index (κ2) is 9.08. The maximum Gasteiger partial charge on any atom is 0.253 e. The van der Waals surface area contributed by atoms with Gasteiger partial charge in [0.1, 0.15) is 5.82 Å². The number of nitrogens with zero attached hydrogens (tertiary/aromatic N) is 1. The van der Waals surface area contributed by atoms with E-state index in [4.69, 9.17) is 0 Å². The van der Waals surface area contributed by atoms with E-state index in [-0.39, 0.29) is 11.7 Å². The van der Waals surface area contributed by atoms with Gasteiger partial charge in [0.2, 0.25) is 0 Å². The van der Waals surface area contributed by atoms with Crippen LogP contribution in [-0.4, -0.2) is 23.2 Å². The molecular formula is C23H27FN2OS. The van der Waals surface area contributed by atoms with Gasteiger partial charge in [-0.25, -0.2) is 4.39 Å². The van der Waals surface area contributed by atoms with E-state index in [1.807, 2.05) is 12.1 Å². The first-order valence-electron chi connectivity index (χ1n) is 10.3. The molecule has 1 heterocycles. The van der Waals surface area contributed by atoms with Crippen molar-refractivity contribution in [2.75, 3.05) is 12.3 Å². The molecule has 1 aromatic heterocycles. The summed E-state index contributed by atoms with van der Waals surface area (Å²) in [6.07, 6.45) is 8.83. The topological polar surface area (TPSA) is 42.0 Å². The monoisotopic (exact) mass is 398 g/mol. The normalized spacial score (nSPS) is 23.1. The van der Waals surface area contributed by atoms with Gasteiger partial charge in [-0.3, -0.25) is 9.78 Å². The first-order chi connectivity index (χ1) is 13.7. The van der Waals surface area contributed by atoms with Gasteiger partial charge >= 0.3 is 0 Å². The molecule has 2 aliphatic rings. The number of carbonyl (C=O) groups excluding carboxylic acids is 1. The van der Waals surface area contributed by atoms with Crippen molar-refractivity contribution in [1.29, 1.82) is 0 Å². The van der Waals surface area contributed by atoms with E-state index in [9.17, 15) is 9.18 Å². The summed E-state index contributed by atoms with van der Waals surface area (Å²) >= 11 is 1.70. The van der Waals surface area contributed by atoms with Crippen LogP contribution in [-0.2, 0) is 6.42 Å². The zero-order chi connectivity index (χ0) is 19.3. The summed E-state index contributed by atoms with van der Waals surface area (Å²) < 4.78 is 13.0. The number of thioether (sulfide) groups is 1. The number of fused-ring (bicyclic) bond motifs is 2. The minimum Gasteiger partial charge on any atom is -0.352 e. The molecule has 0 radical (unpaired) electrons. The number of hydrogen-bond acceptors (Lipinski definition) is 3. The van der Waals surface area contributed by atoms with Gasteiger partial charge in [0.15, 0.2) is 0 Å². The van der Waals surface area contributed by atoms with Crippen molar-refractivity contribution < 1.29 is 9.18 Å². The quantitative estimate of drug-likeness (QED) is 0.496. The molecule has 28 heavy (non-hydrogen) atoms. The molecule has 3 nitrogen and oxygen atoms in total. The number of benzene rings is 1. The van der Waals surface area contributed by atoms with Crippen LogP contribution in [0.25, 0.3) is 0 Å². The molecule has 3 atom stereocenters. The Hall–Kier alpha value is -1.88. The smallest absolute Gasteiger partial charge is 0.253 e. The molecule has 2 aliphatic carbocycles. The lowest BCUT2D eigenvalue weighted by molar-refractivity contribution is 0.0940. The number of aromatic nitrogens is 1. The van der Waals surface area contributed by atoms with E-state index in [0.717, 1.165) is 47.6 Å². The number of amides is 1. The van der Waals surface area contributed by atoms with Crippen LogP contribution in [0.15, 0.2) is 47.5 Å². The Labute approximate surface area is 170 Å². The van der Waals surface area contributed by atoms with Crippen LogP contribution in [0.1, 0.15) is 48.2 Å². The SMILES string of the molecule is O=C(NCC1CC2CCC1C2)c1cccnc1CCCSc1ccc(F)cc1. The molecule has 5 heteroatoms. The summed E-state index contributed by atoms with van der Waals surface area (Å²) in [5.41, 5.74) is 1.57. The number of nitrogens with one attached hydrogen (secondary N) is 1. The summed E-state index contributed by atoms with van der Waals surface area (Å²) in [7, 11) is 0. The van der Waals surface area contributed by atoms with Gasteiger partial charge in [-0.1, -0.05) is 6.42 Å². The van der Waals surface area contributed by atoms with E-state index < -0.39 is 0 Å². The Bertz CT molecular complexity index is 811. The number of carbonyl (C=O) groups is 1. The Morgan fingerprint density at radius 2 is 2.04 bits per heavy atom. The summed E-state index contributed by atoms with van der Waals surface area (Å²) in [5, 5.41) is 3.17. The molecule has 148 valence electrons. The minimum atomic E-state index is -0.209. The number of pyridine rings is 1. The van der Waals surface area contributed by atoms with Crippen molar-refractivity contribution in [3.8, 4) is 0 Å². The molecule has 0 saturated heterocycles. The molecule has 1 N–H and O–H groups in total. The highest BCUT2D eigenvalue weighted by molar-refractivity contribution is 7.99. The Morgan fingerprint density at radius 3 is 2.79 bits per heavy atom. The van der Waals surface area contributed by atoms with E-state index in [0.29, 0.717) is 11.5 Å². The van der Waals surface area contributed by atoms with Crippen molar-refractivity contribution in [3.63, 3.8) is 0 Å². The summed E-state index contributed by atoms with van der Waals surface area (Å²) in [6.45, 7) is 0.800. The van der Waals surface area contributed by atoms with Crippen LogP contribution in [0, 0.1) is 23.6 Å². The van der Waals surface area contributed by atoms with Crippen LogP contribution >= 0.6 is 11.8 Å². The molecule has 0 aliphatic heterocycles. The molecule has 0 spiro atoms. The molecule has 2 saturated carbocycles. The van der Waals surface area contributed by atoms with Gasteiger partial charge in [0, 0.05) is 17.6 Å². The van der Waals surface area contributed by atoms with Crippen molar-refractivity contribution in [3.05, 3.63) is 59.7 Å². The number of aryl methyl sites for hydroxylation is 1. The maximum atomic E-state index is 13.0. The Balaban J connectivity index is 1.26. The predicted octanol–water partition coefficient (Wildman–Crippen LogP) is 5.11. The van der Waals surface area contributed by atoms with E-state index in [1.165, 1.54) is 37.8 Å². The lowest BCUT2D eigenvalue weighted by Crippen LogP contribution is -2.32. The Morgan fingerprint density at radius 1 is 1.18 bits per heavy atom. The summed E-state index contributed by atoms with van der Waals surface area (Å²) in [4.78, 5) is 18.2. The van der Waals surface area contributed by atoms with Crippen molar-refractivity contribution in [2.45, 2.75) is 43.4 Å². The zero-order valence-corrected chi connectivity index (χ0v) is 16.9. The molecule has 4 rings (SSSR count). The zero-order valence-electron chi connectivity index (χ0n) is 16.1. The molecule has 1 amide bonds. The fourth-order valence-electron chi connectivity index (χ4n) is 4.75. The maximum absolute atomic E-state index is 13.0. The van der Waals surface area contributed by atoms with Gasteiger partial charge in [-0.05, 0) is 92.0 Å². The fourth-order valence-corrected chi connectivity index (χ4v) is 5.60. The van der Waals surface area contributed by atoms with Gasteiger partial charge in [-0.15, -0.1) is 11.8 Å². The third-order valence-corrected chi connectivity index (χ3v) is 7.28. The summed E-state index contributed by atoms with van der Waals surface area (Å²) in [5.74, 6) is 3.10. The molecule has 2 fully saturated rings. The van der Waals surface area contributed by atoms with Gasteiger partial charge < -0.3 is 5.32 Å². The second-order valence-electron chi connectivity index (χ2n) is 8.05. The largest absolute Gasteiger partial charge is 0.352 e. The van der Waals surface area contributed by atoms with Crippen LogP contribution in [0.4, 0.5) is 4.39 Å². The number of hydrogen-bond donors (Lipinski definition) is 1. The van der Waals surface area contributed by atoms with Gasteiger partial charge in [0.25, 0.3) is 5.91 Å². The van der Waals surface area contributed by atoms with Gasteiger partial charge in [0.05, 0.1) is 11.3 Å². The predicted molar refractivity (Wildman–Crippen MR) is 111 cm³/mol. The fraction of sp³-hybridized carbons (Fsp3) is 0.478. The molecule has 1 aromatic carbocycles. The van der Waals surface area contributed by atoms with E-state index in [2.05, 4.69) is 10.3 Å². The first-order valence-corrected chi connectivity index (χ1v) is 11.3. The second-order valence-corrected chi connectivity index (χ2v) is 9.22. The number of rotatable bonds is 8.